The molecule has 5 rings (SSSR count). The smallest absolute Gasteiger partial charge is 0.272 e. The second-order valence-electron chi connectivity index (χ2n) is 8.62. The van der Waals surface area contributed by atoms with Gasteiger partial charge in [-0.3, -0.25) is 4.79 Å². The summed E-state index contributed by atoms with van der Waals surface area (Å²) in [5.74, 6) is -0.201. The number of aromatic nitrogens is 1. The normalized spacial score (nSPS) is 14.3. The number of hydrogen-bond acceptors (Lipinski definition) is 2. The highest BCUT2D eigenvalue weighted by atomic mass is 35.5. The van der Waals surface area contributed by atoms with Gasteiger partial charge in [-0.2, -0.15) is 5.26 Å². The summed E-state index contributed by atoms with van der Waals surface area (Å²) in [5, 5.41) is 10.5. The molecule has 170 valence electrons. The topological polar surface area (TPSA) is 49.0 Å². The Hall–Kier alpha value is -3.62. The SMILES string of the molecule is N#Cc1ccc2c(Cl)c(C(=O)N3CCC(F)CC3)n(Cc3ccc(-c4ccccc4)cc3)c2c1. The molecule has 4 nitrogen and oxygen atoms in total. The van der Waals surface area contributed by atoms with Crippen molar-refractivity contribution in [2.45, 2.75) is 25.6 Å². The van der Waals surface area contributed by atoms with E-state index in [-0.39, 0.29) is 5.91 Å². The van der Waals surface area contributed by atoms with Gasteiger partial charge in [0, 0.05) is 25.0 Å². The summed E-state index contributed by atoms with van der Waals surface area (Å²) in [6.45, 7) is 1.16. The average Bonchev–Trinajstić information content (AvgIpc) is 3.15. The van der Waals surface area contributed by atoms with E-state index in [2.05, 4.69) is 30.3 Å². The van der Waals surface area contributed by atoms with Crippen LogP contribution >= 0.6 is 11.6 Å². The molecule has 0 N–H and O–H groups in total. The summed E-state index contributed by atoms with van der Waals surface area (Å²) in [4.78, 5) is 15.2. The third-order valence-corrected chi connectivity index (χ3v) is 6.83. The third-order valence-electron chi connectivity index (χ3n) is 6.45. The van der Waals surface area contributed by atoms with Gasteiger partial charge >= 0.3 is 0 Å². The minimum absolute atomic E-state index is 0.201. The van der Waals surface area contributed by atoms with Crippen molar-refractivity contribution in [2.24, 2.45) is 0 Å². The van der Waals surface area contributed by atoms with Crippen molar-refractivity contribution >= 4 is 28.4 Å². The van der Waals surface area contributed by atoms with E-state index in [1.54, 1.807) is 23.1 Å². The van der Waals surface area contributed by atoms with Crippen LogP contribution in [-0.4, -0.2) is 34.6 Å². The third kappa shape index (κ3) is 4.18. The van der Waals surface area contributed by atoms with Gasteiger partial charge in [-0.1, -0.05) is 66.2 Å². The number of amides is 1. The van der Waals surface area contributed by atoms with Gasteiger partial charge in [0.2, 0.25) is 0 Å². The minimum atomic E-state index is -0.869. The Morgan fingerprint density at radius 1 is 1.00 bits per heavy atom. The van der Waals surface area contributed by atoms with Gasteiger partial charge in [-0.15, -0.1) is 0 Å². The van der Waals surface area contributed by atoms with Crippen molar-refractivity contribution in [1.29, 1.82) is 5.26 Å². The molecule has 0 unspecified atom stereocenters. The van der Waals surface area contributed by atoms with Crippen molar-refractivity contribution in [3.8, 4) is 17.2 Å². The standard InChI is InChI=1S/C28H23ClFN3O/c29-26-24-11-8-20(17-31)16-25(24)33(27(26)28(34)32-14-12-23(30)13-15-32)18-19-6-9-22(10-7-19)21-4-2-1-3-5-21/h1-11,16,23H,12-15,18H2. The van der Waals surface area contributed by atoms with E-state index >= 15 is 0 Å². The van der Waals surface area contributed by atoms with Crippen molar-refractivity contribution in [3.63, 3.8) is 0 Å². The molecule has 1 aliphatic rings. The number of alkyl halides is 1. The monoisotopic (exact) mass is 471 g/mol. The first-order chi connectivity index (χ1) is 16.5. The molecule has 1 aromatic heterocycles. The van der Waals surface area contributed by atoms with Gasteiger partial charge in [0.1, 0.15) is 11.9 Å². The summed E-state index contributed by atoms with van der Waals surface area (Å²) in [7, 11) is 0. The second kappa shape index (κ2) is 9.32. The molecular weight excluding hydrogens is 449 g/mol. The molecular formula is C28H23ClFN3O. The Bertz CT molecular complexity index is 1380. The van der Waals surface area contributed by atoms with E-state index in [4.69, 9.17) is 11.6 Å². The average molecular weight is 472 g/mol. The van der Waals surface area contributed by atoms with Crippen LogP contribution in [0.5, 0.6) is 0 Å². The van der Waals surface area contributed by atoms with Gasteiger partial charge in [-0.05, 0) is 47.7 Å². The first-order valence-electron chi connectivity index (χ1n) is 11.3. The molecule has 1 amide bonds. The van der Waals surface area contributed by atoms with E-state index in [1.165, 1.54) is 0 Å². The highest BCUT2D eigenvalue weighted by Crippen LogP contribution is 2.34. The molecule has 2 heterocycles. The summed E-state index contributed by atoms with van der Waals surface area (Å²) in [5.41, 5.74) is 4.87. The number of likely N-dealkylation sites (tertiary alicyclic amines) is 1. The Kier molecular flexibility index (Phi) is 6.08. The molecule has 0 atom stereocenters. The zero-order chi connectivity index (χ0) is 23.7. The summed E-state index contributed by atoms with van der Waals surface area (Å²) < 4.78 is 15.6. The molecule has 4 aromatic rings. The van der Waals surface area contributed by atoms with E-state index in [1.807, 2.05) is 34.9 Å². The number of piperidine rings is 1. The fourth-order valence-corrected chi connectivity index (χ4v) is 4.91. The second-order valence-corrected chi connectivity index (χ2v) is 9.00. The van der Waals surface area contributed by atoms with Gasteiger partial charge in [-0.25, -0.2) is 4.39 Å². The maximum Gasteiger partial charge on any atom is 0.272 e. The molecule has 3 aromatic carbocycles. The van der Waals surface area contributed by atoms with E-state index < -0.39 is 6.17 Å². The van der Waals surface area contributed by atoms with Crippen LogP contribution in [0.2, 0.25) is 5.02 Å². The molecule has 0 aliphatic carbocycles. The molecule has 0 radical (unpaired) electrons. The predicted octanol–water partition coefficient (Wildman–Crippen LogP) is 6.46. The molecule has 34 heavy (non-hydrogen) atoms. The molecule has 1 fully saturated rings. The number of fused-ring (bicyclic) bond motifs is 1. The van der Waals surface area contributed by atoms with Crippen LogP contribution in [0, 0.1) is 11.3 Å². The van der Waals surface area contributed by atoms with Crippen molar-refractivity contribution in [3.05, 3.63) is 94.6 Å². The fourth-order valence-electron chi connectivity index (χ4n) is 4.57. The number of halogens is 2. The summed E-state index contributed by atoms with van der Waals surface area (Å²) >= 11 is 6.75. The van der Waals surface area contributed by atoms with Crippen molar-refractivity contribution in [2.75, 3.05) is 13.1 Å². The number of hydrogen-bond donors (Lipinski definition) is 0. The van der Waals surface area contributed by atoms with Crippen LogP contribution in [0.25, 0.3) is 22.0 Å². The van der Waals surface area contributed by atoms with Gasteiger partial charge in [0.15, 0.2) is 0 Å². The maximum absolute atomic E-state index is 13.7. The van der Waals surface area contributed by atoms with Crippen LogP contribution < -0.4 is 0 Å². The largest absolute Gasteiger partial charge is 0.337 e. The first-order valence-corrected chi connectivity index (χ1v) is 11.7. The zero-order valence-corrected chi connectivity index (χ0v) is 19.3. The van der Waals surface area contributed by atoms with Crippen LogP contribution in [-0.2, 0) is 6.54 Å². The number of carbonyl (C=O) groups is 1. The van der Waals surface area contributed by atoms with Crippen molar-refractivity contribution < 1.29 is 9.18 Å². The molecule has 6 heteroatoms. The molecule has 1 saturated heterocycles. The minimum Gasteiger partial charge on any atom is -0.337 e. The summed E-state index contributed by atoms with van der Waals surface area (Å²) in [6, 6.07) is 25.8. The number of nitriles is 1. The molecule has 1 aliphatic heterocycles. The number of nitrogens with zero attached hydrogens (tertiary/aromatic N) is 3. The lowest BCUT2D eigenvalue weighted by Gasteiger charge is -2.29. The highest BCUT2D eigenvalue weighted by molar-refractivity contribution is 6.38. The zero-order valence-electron chi connectivity index (χ0n) is 18.5. The van der Waals surface area contributed by atoms with Crippen LogP contribution in [0.15, 0.2) is 72.8 Å². The van der Waals surface area contributed by atoms with Crippen molar-refractivity contribution in [1.82, 2.24) is 9.47 Å². The van der Waals surface area contributed by atoms with E-state index in [0.717, 1.165) is 27.6 Å². The van der Waals surface area contributed by atoms with Crippen LogP contribution in [0.1, 0.15) is 34.5 Å². The summed E-state index contributed by atoms with van der Waals surface area (Å²) in [6.07, 6.45) is -0.196. The Labute approximate surface area is 202 Å². The highest BCUT2D eigenvalue weighted by Gasteiger charge is 2.29. The molecule has 0 saturated carbocycles. The van der Waals surface area contributed by atoms with Gasteiger partial charge in [0.05, 0.1) is 22.2 Å². The van der Waals surface area contributed by atoms with Crippen LogP contribution in [0.4, 0.5) is 4.39 Å². The fraction of sp³-hybridized carbons (Fsp3) is 0.214. The van der Waals surface area contributed by atoms with Crippen LogP contribution in [0.3, 0.4) is 0 Å². The number of rotatable bonds is 4. The Morgan fingerprint density at radius 3 is 2.35 bits per heavy atom. The van der Waals surface area contributed by atoms with E-state index in [0.29, 0.717) is 48.8 Å². The first kappa shape index (κ1) is 22.2. The maximum atomic E-state index is 13.7. The predicted molar refractivity (Wildman–Crippen MR) is 133 cm³/mol. The lowest BCUT2D eigenvalue weighted by atomic mass is 10.0. The number of benzene rings is 3. The lowest BCUT2D eigenvalue weighted by molar-refractivity contribution is 0.0657. The van der Waals surface area contributed by atoms with E-state index in [9.17, 15) is 14.4 Å². The number of carbonyl (C=O) groups excluding carboxylic acids is 1. The van der Waals surface area contributed by atoms with Gasteiger partial charge < -0.3 is 9.47 Å². The Morgan fingerprint density at radius 2 is 1.68 bits per heavy atom. The van der Waals surface area contributed by atoms with Gasteiger partial charge in [0.25, 0.3) is 5.91 Å². The quantitative estimate of drug-likeness (QED) is 0.343. The Balaban J connectivity index is 1.55. The molecule has 0 bridgehead atoms. The molecule has 0 spiro atoms. The lowest BCUT2D eigenvalue weighted by Crippen LogP contribution is -2.40.